The van der Waals surface area contributed by atoms with E-state index in [1.807, 2.05) is 36.5 Å². The molecule has 2 saturated heterocycles. The van der Waals surface area contributed by atoms with Gasteiger partial charge in [0.05, 0.1) is 29.0 Å². The van der Waals surface area contributed by atoms with Crippen molar-refractivity contribution in [1.82, 2.24) is 40.1 Å². The van der Waals surface area contributed by atoms with Gasteiger partial charge in [0.1, 0.15) is 41.0 Å². The van der Waals surface area contributed by atoms with Crippen molar-refractivity contribution in [1.29, 1.82) is 10.5 Å². The fourth-order valence-electron chi connectivity index (χ4n) is 7.12. The highest BCUT2D eigenvalue weighted by molar-refractivity contribution is 5.89. The number of likely N-dealkylation sites (tertiary alicyclic amines) is 1. The molecule has 15 heteroatoms. The number of nitriles is 2. The molecule has 4 aromatic heterocycles. The number of aliphatic carboxylic acids is 1. The van der Waals surface area contributed by atoms with Crippen LogP contribution in [0.25, 0.3) is 22.1 Å². The fraction of sp³-hybridized carbons (Fsp3) is 0.556. The second-order valence-electron chi connectivity index (χ2n) is 14.4. The molecular weight excluding hydrogens is 648 g/mol. The Labute approximate surface area is 297 Å². The van der Waals surface area contributed by atoms with Crippen LogP contribution in [0.15, 0.2) is 37.2 Å². The fourth-order valence-corrected chi connectivity index (χ4v) is 7.12. The van der Waals surface area contributed by atoms with Gasteiger partial charge in [0.15, 0.2) is 5.41 Å². The number of amides is 1. The van der Waals surface area contributed by atoms with Crippen molar-refractivity contribution in [3.05, 3.63) is 37.2 Å². The maximum absolute atomic E-state index is 12.8. The Hall–Kier alpha value is -5.28. The maximum atomic E-state index is 12.8. The van der Waals surface area contributed by atoms with Gasteiger partial charge in [-0.05, 0) is 69.0 Å². The van der Waals surface area contributed by atoms with Crippen LogP contribution >= 0.6 is 0 Å². The van der Waals surface area contributed by atoms with Gasteiger partial charge in [-0.15, -0.1) is 0 Å². The van der Waals surface area contributed by atoms with Gasteiger partial charge in [-0.2, -0.15) is 10.5 Å². The number of likely N-dealkylation sites (N-methyl/N-ethyl adjacent to an activating group) is 2. The average molecular weight is 695 g/mol. The molecule has 4 fully saturated rings. The molecule has 8 rings (SSSR count). The number of nitrogens with zero attached hydrogens (tertiary/aromatic N) is 9. The Morgan fingerprint density at radius 3 is 1.84 bits per heavy atom. The summed E-state index contributed by atoms with van der Waals surface area (Å²) in [6, 6.07) is 8.66. The van der Waals surface area contributed by atoms with Gasteiger partial charge >= 0.3 is 5.97 Å². The number of piperidine rings is 2. The molecular formula is C36H46N12O3. The van der Waals surface area contributed by atoms with Crippen molar-refractivity contribution >= 4 is 45.6 Å². The quantitative estimate of drug-likeness (QED) is 0.228. The number of aromatic amines is 2. The van der Waals surface area contributed by atoms with Crippen LogP contribution in [0.5, 0.6) is 0 Å². The van der Waals surface area contributed by atoms with Gasteiger partial charge in [0.2, 0.25) is 5.91 Å². The molecule has 6 heterocycles. The molecule has 0 aromatic carbocycles. The number of aromatic nitrogens is 6. The summed E-state index contributed by atoms with van der Waals surface area (Å²) in [5.74, 6) is 2.05. The standard InChI is InChI=1S/C18H22N6O.C13H19N5.C5H5NO2/c1-12-4-8-24(17(25)18(10-19)5-6-18)9-14(12)23(2)16-13-3-7-20-15(13)21-11-22-16;1-9-3-5-14-7-11(9)18(2)13-10-4-6-15-12(10)16-8-17-13;6-3-5(1-2-5)4(7)8/h3,7,11-12,14H,4-6,8-9H2,1-2H3,(H,20,21,22);4,6,8-9,11,14H,3,5,7H2,1-2H3,(H,15,16,17);1-2H2,(H,7,8)/t12-,14+;9-,11+;/m11./s1. The monoisotopic (exact) mass is 694 g/mol. The van der Waals surface area contributed by atoms with Gasteiger partial charge in [0, 0.05) is 52.2 Å². The number of carboxylic acid groups (broad SMARTS) is 1. The predicted molar refractivity (Wildman–Crippen MR) is 191 cm³/mol. The van der Waals surface area contributed by atoms with Gasteiger partial charge < -0.3 is 35.1 Å². The zero-order chi connectivity index (χ0) is 36.3. The summed E-state index contributed by atoms with van der Waals surface area (Å²) in [7, 11) is 4.16. The molecule has 2 aliphatic carbocycles. The summed E-state index contributed by atoms with van der Waals surface area (Å²) in [5.41, 5.74) is -0.00934. The van der Waals surface area contributed by atoms with E-state index in [-0.39, 0.29) is 11.9 Å². The van der Waals surface area contributed by atoms with Crippen molar-refractivity contribution in [3.8, 4) is 12.1 Å². The second-order valence-corrected chi connectivity index (χ2v) is 14.4. The molecule has 0 unspecified atom stereocenters. The molecule has 0 bridgehead atoms. The molecule has 51 heavy (non-hydrogen) atoms. The molecule has 1 amide bonds. The van der Waals surface area contributed by atoms with Crippen LogP contribution < -0.4 is 15.1 Å². The third kappa shape index (κ3) is 7.17. The third-order valence-electron chi connectivity index (χ3n) is 11.1. The number of fused-ring (bicyclic) bond motifs is 2. The predicted octanol–water partition coefficient (Wildman–Crippen LogP) is 3.70. The van der Waals surface area contributed by atoms with Gasteiger partial charge in [-0.1, -0.05) is 13.8 Å². The Morgan fingerprint density at radius 2 is 1.37 bits per heavy atom. The molecule has 2 saturated carbocycles. The second kappa shape index (κ2) is 14.5. The molecule has 15 nitrogen and oxygen atoms in total. The molecule has 4 aliphatic rings. The Morgan fingerprint density at radius 1 is 0.843 bits per heavy atom. The number of carboxylic acids is 1. The molecule has 0 radical (unpaired) electrons. The highest BCUT2D eigenvalue weighted by Crippen LogP contribution is 2.47. The largest absolute Gasteiger partial charge is 0.480 e. The van der Waals surface area contributed by atoms with Crippen molar-refractivity contribution < 1.29 is 14.7 Å². The van der Waals surface area contributed by atoms with Crippen LogP contribution in [0.1, 0.15) is 52.4 Å². The van der Waals surface area contributed by atoms with E-state index in [0.717, 1.165) is 59.8 Å². The van der Waals surface area contributed by atoms with E-state index in [2.05, 4.69) is 72.0 Å². The summed E-state index contributed by atoms with van der Waals surface area (Å²) in [5, 5.41) is 31.3. The zero-order valence-electron chi connectivity index (χ0n) is 29.6. The number of carbonyl (C=O) groups is 2. The van der Waals surface area contributed by atoms with Crippen LogP contribution in [0.2, 0.25) is 0 Å². The lowest BCUT2D eigenvalue weighted by Crippen LogP contribution is -2.54. The first-order valence-electron chi connectivity index (χ1n) is 17.6. The van der Waals surface area contributed by atoms with Gasteiger partial charge in [0.25, 0.3) is 0 Å². The Bertz CT molecular complexity index is 1950. The number of anilines is 2. The summed E-state index contributed by atoms with van der Waals surface area (Å²) in [4.78, 5) is 52.8. The SMILES string of the molecule is C[C@@H]1CCN(C(=O)C2(C#N)CC2)C[C@@H]1N(C)c1ncnc2[nH]ccc12.C[C@@H]1CCNC[C@@H]1N(C)c1ncnc2[nH]ccc12.N#CC1(C(=O)O)CC1. The van der Waals surface area contributed by atoms with E-state index in [4.69, 9.17) is 10.4 Å². The highest BCUT2D eigenvalue weighted by Gasteiger charge is 2.53. The molecule has 268 valence electrons. The van der Waals surface area contributed by atoms with Crippen molar-refractivity contribution in [2.75, 3.05) is 50.1 Å². The minimum absolute atomic E-state index is 0.00905. The van der Waals surface area contributed by atoms with Crippen LogP contribution in [0.4, 0.5) is 11.6 Å². The molecule has 4 aromatic rings. The number of hydrogen-bond acceptors (Lipinski definition) is 11. The number of hydrogen-bond donors (Lipinski definition) is 4. The highest BCUT2D eigenvalue weighted by atomic mass is 16.4. The van der Waals surface area contributed by atoms with Crippen LogP contribution in [-0.2, 0) is 9.59 Å². The first kappa shape index (κ1) is 35.5. The van der Waals surface area contributed by atoms with Crippen LogP contribution in [0.3, 0.4) is 0 Å². The van der Waals surface area contributed by atoms with Crippen LogP contribution in [-0.4, -0.2) is 104 Å². The number of nitrogens with one attached hydrogen (secondary N) is 3. The lowest BCUT2D eigenvalue weighted by Gasteiger charge is -2.42. The maximum Gasteiger partial charge on any atom is 0.324 e. The number of carbonyl (C=O) groups excluding carboxylic acids is 1. The molecule has 4 atom stereocenters. The van der Waals surface area contributed by atoms with Gasteiger partial charge in [-0.3, -0.25) is 9.59 Å². The first-order chi connectivity index (χ1) is 24.5. The Kier molecular flexibility index (Phi) is 10.1. The third-order valence-corrected chi connectivity index (χ3v) is 11.1. The minimum atomic E-state index is -0.986. The number of H-pyrrole nitrogens is 2. The summed E-state index contributed by atoms with van der Waals surface area (Å²) < 4.78 is 0. The smallest absolute Gasteiger partial charge is 0.324 e. The normalized spacial score (nSPS) is 24.1. The van der Waals surface area contributed by atoms with E-state index < -0.39 is 16.8 Å². The Balaban J connectivity index is 0.000000150. The summed E-state index contributed by atoms with van der Waals surface area (Å²) in [6.45, 7) is 8.04. The van der Waals surface area contributed by atoms with E-state index in [0.29, 0.717) is 50.1 Å². The number of rotatable bonds is 6. The summed E-state index contributed by atoms with van der Waals surface area (Å²) >= 11 is 0. The first-order valence-corrected chi connectivity index (χ1v) is 17.6. The lowest BCUT2D eigenvalue weighted by molar-refractivity contribution is -0.141. The van der Waals surface area contributed by atoms with Gasteiger partial charge in [-0.25, -0.2) is 19.9 Å². The van der Waals surface area contributed by atoms with E-state index in [1.54, 1.807) is 18.7 Å². The topological polar surface area (TPSA) is 207 Å². The van der Waals surface area contributed by atoms with E-state index >= 15 is 0 Å². The van der Waals surface area contributed by atoms with Crippen molar-refractivity contribution in [2.45, 2.75) is 64.5 Å². The molecule has 4 N–H and O–H groups in total. The molecule has 0 spiro atoms. The lowest BCUT2D eigenvalue weighted by atomic mass is 9.91. The van der Waals surface area contributed by atoms with Crippen LogP contribution in [0, 0.1) is 45.3 Å². The minimum Gasteiger partial charge on any atom is -0.480 e. The zero-order valence-corrected chi connectivity index (χ0v) is 29.6. The molecule has 2 aliphatic heterocycles. The summed E-state index contributed by atoms with van der Waals surface area (Å²) in [6.07, 6.45) is 11.6. The van der Waals surface area contributed by atoms with E-state index in [9.17, 15) is 14.9 Å². The van der Waals surface area contributed by atoms with Crippen molar-refractivity contribution in [2.24, 2.45) is 22.7 Å². The average Bonchev–Trinajstić information content (AvgIpc) is 4.03. The van der Waals surface area contributed by atoms with E-state index in [1.165, 1.54) is 6.42 Å². The van der Waals surface area contributed by atoms with Crippen molar-refractivity contribution in [3.63, 3.8) is 0 Å².